The number of anilines is 2. The number of hydrogen-bond acceptors (Lipinski definition) is 2. The van der Waals surface area contributed by atoms with Crippen LogP contribution in [0.3, 0.4) is 0 Å². The van der Waals surface area contributed by atoms with E-state index in [-0.39, 0.29) is 0 Å². The lowest BCUT2D eigenvalue weighted by Crippen LogP contribution is -2.12. The summed E-state index contributed by atoms with van der Waals surface area (Å²) in [7, 11) is 0. The van der Waals surface area contributed by atoms with Gasteiger partial charge in [0.2, 0.25) is 0 Å². The van der Waals surface area contributed by atoms with Crippen molar-refractivity contribution in [3.8, 4) is 0 Å². The van der Waals surface area contributed by atoms with E-state index >= 15 is 0 Å². The molecular weight excluding hydrogens is 388 g/mol. The first-order chi connectivity index (χ1) is 8.97. The molecule has 0 radical (unpaired) electrons. The van der Waals surface area contributed by atoms with Gasteiger partial charge in [0, 0.05) is 20.2 Å². The van der Waals surface area contributed by atoms with Gasteiger partial charge in [-0.15, -0.1) is 0 Å². The topological polar surface area (TPSA) is 38.0 Å². The van der Waals surface area contributed by atoms with Crippen molar-refractivity contribution in [2.45, 2.75) is 6.92 Å². The third-order valence-corrected chi connectivity index (χ3v) is 4.04. The fourth-order valence-corrected chi connectivity index (χ4v) is 2.59. The summed E-state index contributed by atoms with van der Waals surface area (Å²) in [5.41, 5.74) is 9.64. The highest BCUT2D eigenvalue weighted by Crippen LogP contribution is 2.29. The zero-order valence-electron chi connectivity index (χ0n) is 10.2. The first-order valence-corrected chi connectivity index (χ1v) is 7.59. The maximum Gasteiger partial charge on any atom is 0.106 e. The number of rotatable bonds is 3. The highest BCUT2D eigenvalue weighted by atomic mass is 79.9. The average molecular weight is 400 g/mol. The Kier molecular flexibility index (Phi) is 4.60. The molecule has 0 saturated heterocycles. The predicted octanol–water partition coefficient (Wildman–Crippen LogP) is 4.90. The molecule has 0 saturated carbocycles. The van der Waals surface area contributed by atoms with E-state index in [1.54, 1.807) is 0 Å². The molecule has 0 aromatic heterocycles. The average Bonchev–Trinajstić information content (AvgIpc) is 2.35. The summed E-state index contributed by atoms with van der Waals surface area (Å²) in [6, 6.07) is 11.9. The second kappa shape index (κ2) is 6.03. The Morgan fingerprint density at radius 2 is 1.84 bits per heavy atom. The van der Waals surface area contributed by atoms with E-state index < -0.39 is 0 Å². The van der Waals surface area contributed by atoms with Crippen LogP contribution < -0.4 is 11.1 Å². The Hall–Kier alpha value is -0.910. The van der Waals surface area contributed by atoms with Crippen LogP contribution in [0.15, 0.2) is 45.3 Å². The lowest BCUT2D eigenvalue weighted by molar-refractivity contribution is 1.42. The predicted molar refractivity (Wildman–Crippen MR) is 92.2 cm³/mol. The smallest absolute Gasteiger partial charge is 0.106 e. The van der Waals surface area contributed by atoms with Crippen LogP contribution in [0, 0.1) is 6.92 Å². The minimum atomic E-state index is 0.368. The Bertz CT molecular complexity index is 641. The fourth-order valence-electron chi connectivity index (χ4n) is 1.71. The first-order valence-electron chi connectivity index (χ1n) is 5.60. The van der Waals surface area contributed by atoms with Gasteiger partial charge in [-0.2, -0.15) is 0 Å². The Morgan fingerprint density at radius 1 is 1.11 bits per heavy atom. The zero-order chi connectivity index (χ0) is 14.0. The van der Waals surface area contributed by atoms with Gasteiger partial charge in [-0.1, -0.05) is 34.2 Å². The quantitative estimate of drug-likeness (QED) is 0.721. The Balaban J connectivity index is 2.43. The minimum absolute atomic E-state index is 0.368. The van der Waals surface area contributed by atoms with Crippen LogP contribution in [0.25, 0.3) is 0 Å². The summed E-state index contributed by atoms with van der Waals surface area (Å²) in [5.74, 6) is 0. The van der Waals surface area contributed by atoms with Crippen molar-refractivity contribution in [3.63, 3.8) is 0 Å². The van der Waals surface area contributed by atoms with Crippen molar-refractivity contribution in [2.24, 2.45) is 5.73 Å². The maximum absolute atomic E-state index is 5.76. The van der Waals surface area contributed by atoms with E-state index in [4.69, 9.17) is 18.0 Å². The Morgan fingerprint density at radius 3 is 2.53 bits per heavy atom. The Labute approximate surface area is 134 Å². The third-order valence-electron chi connectivity index (χ3n) is 2.64. The summed E-state index contributed by atoms with van der Waals surface area (Å²) in [6.07, 6.45) is 0. The third kappa shape index (κ3) is 3.55. The van der Waals surface area contributed by atoms with E-state index in [1.807, 2.05) is 37.3 Å². The first kappa shape index (κ1) is 14.5. The molecule has 2 aromatic rings. The van der Waals surface area contributed by atoms with Crippen LogP contribution in [-0.4, -0.2) is 4.99 Å². The van der Waals surface area contributed by atoms with Crippen LogP contribution in [0.2, 0.25) is 0 Å². The largest absolute Gasteiger partial charge is 0.389 e. The molecule has 0 aliphatic carbocycles. The zero-order valence-corrected chi connectivity index (χ0v) is 14.2. The molecule has 98 valence electrons. The number of aryl methyl sites for hydroxylation is 1. The second-order valence-electron chi connectivity index (χ2n) is 4.16. The summed E-state index contributed by atoms with van der Waals surface area (Å²) >= 11 is 12.0. The van der Waals surface area contributed by atoms with Crippen molar-refractivity contribution < 1.29 is 0 Å². The molecule has 5 heteroatoms. The lowest BCUT2D eigenvalue weighted by atomic mass is 10.1. The van der Waals surface area contributed by atoms with Crippen LogP contribution in [0.1, 0.15) is 11.1 Å². The number of benzene rings is 2. The fraction of sp³-hybridized carbons (Fsp3) is 0.0714. The number of hydrogen-bond donors (Lipinski definition) is 2. The molecule has 0 aliphatic rings. The van der Waals surface area contributed by atoms with Crippen molar-refractivity contribution in [1.82, 2.24) is 0 Å². The second-order valence-corrected chi connectivity index (χ2v) is 6.37. The van der Waals surface area contributed by atoms with Crippen LogP contribution in [0.4, 0.5) is 11.4 Å². The van der Waals surface area contributed by atoms with Gasteiger partial charge >= 0.3 is 0 Å². The molecular formula is C14H12Br2N2S. The van der Waals surface area contributed by atoms with Crippen molar-refractivity contribution >= 4 is 60.4 Å². The van der Waals surface area contributed by atoms with Crippen molar-refractivity contribution in [1.29, 1.82) is 0 Å². The van der Waals surface area contributed by atoms with Gasteiger partial charge < -0.3 is 11.1 Å². The molecule has 0 spiro atoms. The molecule has 19 heavy (non-hydrogen) atoms. The molecule has 2 aromatic carbocycles. The molecule has 0 heterocycles. The normalized spacial score (nSPS) is 10.3. The molecule has 0 unspecified atom stereocenters. The SMILES string of the molecule is Cc1ccc(Br)c(Nc2ccc(Br)cc2C(N)=S)c1. The monoisotopic (exact) mass is 398 g/mol. The maximum atomic E-state index is 5.76. The summed E-state index contributed by atoms with van der Waals surface area (Å²) in [6.45, 7) is 2.05. The number of nitrogens with two attached hydrogens (primary N) is 1. The van der Waals surface area contributed by atoms with Gasteiger partial charge in [0.05, 0.1) is 5.69 Å². The summed E-state index contributed by atoms with van der Waals surface area (Å²) < 4.78 is 1.94. The summed E-state index contributed by atoms with van der Waals surface area (Å²) in [4.78, 5) is 0.368. The van der Waals surface area contributed by atoms with Crippen LogP contribution >= 0.6 is 44.1 Å². The molecule has 0 atom stereocenters. The van der Waals surface area contributed by atoms with E-state index in [0.717, 1.165) is 25.9 Å². The number of halogens is 2. The van der Waals surface area contributed by atoms with Crippen LogP contribution in [-0.2, 0) is 0 Å². The molecule has 2 rings (SSSR count). The van der Waals surface area contributed by atoms with Crippen molar-refractivity contribution in [3.05, 3.63) is 56.5 Å². The van der Waals surface area contributed by atoms with E-state index in [2.05, 4.69) is 43.2 Å². The van der Waals surface area contributed by atoms with E-state index in [1.165, 1.54) is 5.56 Å². The molecule has 2 nitrogen and oxygen atoms in total. The summed E-state index contributed by atoms with van der Waals surface area (Å²) in [5, 5.41) is 3.35. The molecule has 0 bridgehead atoms. The van der Waals surface area contributed by atoms with Crippen molar-refractivity contribution in [2.75, 3.05) is 5.32 Å². The standard InChI is InChI=1S/C14H12Br2N2S/c1-8-2-4-11(16)13(6-8)18-12-5-3-9(15)7-10(12)14(17)19/h2-7,18H,1H3,(H2,17,19). The lowest BCUT2D eigenvalue weighted by Gasteiger charge is -2.13. The van der Waals surface area contributed by atoms with Gasteiger partial charge in [0.1, 0.15) is 4.99 Å². The number of nitrogens with one attached hydrogen (secondary N) is 1. The highest BCUT2D eigenvalue weighted by molar-refractivity contribution is 9.10. The van der Waals surface area contributed by atoms with Gasteiger partial charge in [0.15, 0.2) is 0 Å². The number of thiocarbonyl (C=S) groups is 1. The molecule has 0 aliphatic heterocycles. The minimum Gasteiger partial charge on any atom is -0.389 e. The van der Waals surface area contributed by atoms with E-state index in [9.17, 15) is 0 Å². The molecule has 0 amide bonds. The van der Waals surface area contributed by atoms with E-state index in [0.29, 0.717) is 4.99 Å². The van der Waals surface area contributed by atoms with Gasteiger partial charge in [-0.3, -0.25) is 0 Å². The van der Waals surface area contributed by atoms with Gasteiger partial charge in [-0.05, 0) is 58.7 Å². The van der Waals surface area contributed by atoms with Gasteiger partial charge in [0.25, 0.3) is 0 Å². The highest BCUT2D eigenvalue weighted by Gasteiger charge is 2.08. The molecule has 3 N–H and O–H groups in total. The molecule has 0 fully saturated rings. The van der Waals surface area contributed by atoms with Gasteiger partial charge in [-0.25, -0.2) is 0 Å². The van der Waals surface area contributed by atoms with Crippen LogP contribution in [0.5, 0.6) is 0 Å².